The number of nitrogens with one attached hydrogen (secondary N) is 1. The van der Waals surface area contributed by atoms with Gasteiger partial charge in [0.25, 0.3) is 0 Å². The van der Waals surface area contributed by atoms with Crippen LogP contribution in [0, 0.1) is 11.3 Å². The van der Waals surface area contributed by atoms with Crippen molar-refractivity contribution in [3.05, 3.63) is 29.6 Å². The Bertz CT molecular complexity index is 525. The first kappa shape index (κ1) is 14.9. The number of alkyl halides is 3. The Morgan fingerprint density at radius 3 is 2.68 bits per heavy atom. The molecule has 1 aromatic heterocycles. The van der Waals surface area contributed by atoms with Gasteiger partial charge in [0, 0.05) is 18.3 Å². The van der Waals surface area contributed by atoms with E-state index in [2.05, 4.69) is 4.98 Å². The number of rotatable bonds is 4. The molecule has 1 unspecified atom stereocenters. The van der Waals surface area contributed by atoms with Gasteiger partial charge in [-0.25, -0.2) is 9.78 Å². The largest absolute Gasteiger partial charge is 0.480 e. The van der Waals surface area contributed by atoms with E-state index in [-0.39, 0.29) is 11.3 Å². The number of nitrogens with zero attached hydrogens (tertiary/aromatic N) is 2. The average molecular weight is 273 g/mol. The maximum absolute atomic E-state index is 12.7. The highest BCUT2D eigenvalue weighted by Crippen LogP contribution is 2.30. The van der Waals surface area contributed by atoms with Gasteiger partial charge in [-0.1, -0.05) is 6.07 Å². The second kappa shape index (κ2) is 5.24. The molecule has 1 rings (SSSR count). The number of halogens is 3. The second-order valence-corrected chi connectivity index (χ2v) is 3.90. The number of carbonyl (C=O) groups is 1. The molecular weight excluding hydrogens is 263 g/mol. The number of carboxylic acid groups (broad SMARTS) is 1. The minimum Gasteiger partial charge on any atom is -0.480 e. The van der Waals surface area contributed by atoms with E-state index in [1.165, 1.54) is 18.3 Å². The fourth-order valence-corrected chi connectivity index (χ4v) is 1.25. The van der Waals surface area contributed by atoms with Gasteiger partial charge in [-0.3, -0.25) is 5.32 Å². The van der Waals surface area contributed by atoms with Crippen LogP contribution in [0.2, 0.25) is 0 Å². The molecular formula is C11H10F3N3O2. The number of pyridine rings is 1. The van der Waals surface area contributed by atoms with Gasteiger partial charge in [-0.05, 0) is 13.0 Å². The van der Waals surface area contributed by atoms with Gasteiger partial charge >= 0.3 is 12.1 Å². The zero-order valence-corrected chi connectivity index (χ0v) is 9.82. The molecule has 0 saturated heterocycles. The molecule has 0 amide bonds. The van der Waals surface area contributed by atoms with Crippen molar-refractivity contribution in [1.82, 2.24) is 10.3 Å². The maximum atomic E-state index is 12.7. The van der Waals surface area contributed by atoms with Crippen molar-refractivity contribution >= 4 is 5.97 Å². The van der Waals surface area contributed by atoms with Gasteiger partial charge in [0.1, 0.15) is 11.8 Å². The SMILES string of the molecule is CC(NCc1cccnc1C#N)(C(=O)O)C(F)(F)F. The molecule has 0 radical (unpaired) electrons. The number of hydrogen-bond acceptors (Lipinski definition) is 4. The van der Waals surface area contributed by atoms with Crippen molar-refractivity contribution in [2.24, 2.45) is 0 Å². The van der Waals surface area contributed by atoms with E-state index in [0.717, 1.165) is 0 Å². The van der Waals surface area contributed by atoms with Crippen LogP contribution in [0.3, 0.4) is 0 Å². The summed E-state index contributed by atoms with van der Waals surface area (Å²) in [6, 6.07) is 4.57. The summed E-state index contributed by atoms with van der Waals surface area (Å²) in [6.45, 7) is 0.0940. The van der Waals surface area contributed by atoms with Gasteiger partial charge in [-0.2, -0.15) is 18.4 Å². The van der Waals surface area contributed by atoms with Gasteiger partial charge in [0.05, 0.1) is 0 Å². The first-order valence-corrected chi connectivity index (χ1v) is 5.11. The van der Waals surface area contributed by atoms with Crippen LogP contribution in [-0.4, -0.2) is 27.8 Å². The van der Waals surface area contributed by atoms with E-state index in [9.17, 15) is 18.0 Å². The van der Waals surface area contributed by atoms with Crippen LogP contribution in [-0.2, 0) is 11.3 Å². The van der Waals surface area contributed by atoms with Crippen molar-refractivity contribution in [3.63, 3.8) is 0 Å². The second-order valence-electron chi connectivity index (χ2n) is 3.90. The van der Waals surface area contributed by atoms with Gasteiger partial charge in [-0.15, -0.1) is 0 Å². The molecule has 8 heteroatoms. The van der Waals surface area contributed by atoms with Crippen molar-refractivity contribution < 1.29 is 23.1 Å². The maximum Gasteiger partial charge on any atom is 0.417 e. The molecule has 102 valence electrons. The molecule has 0 fully saturated rings. The Hall–Kier alpha value is -2.14. The topological polar surface area (TPSA) is 86.0 Å². The smallest absolute Gasteiger partial charge is 0.417 e. The van der Waals surface area contributed by atoms with Crippen LogP contribution >= 0.6 is 0 Å². The van der Waals surface area contributed by atoms with Gasteiger partial charge in [0.15, 0.2) is 0 Å². The van der Waals surface area contributed by atoms with E-state index >= 15 is 0 Å². The van der Waals surface area contributed by atoms with Crippen molar-refractivity contribution in [1.29, 1.82) is 5.26 Å². The molecule has 5 nitrogen and oxygen atoms in total. The number of carboxylic acids is 1. The quantitative estimate of drug-likeness (QED) is 0.867. The minimum absolute atomic E-state index is 0.0510. The molecule has 0 spiro atoms. The highest BCUT2D eigenvalue weighted by molar-refractivity contribution is 5.79. The van der Waals surface area contributed by atoms with Crippen LogP contribution in [0.5, 0.6) is 0 Å². The fourth-order valence-electron chi connectivity index (χ4n) is 1.25. The third-order valence-corrected chi connectivity index (χ3v) is 2.62. The third kappa shape index (κ3) is 3.00. The summed E-state index contributed by atoms with van der Waals surface area (Å²) < 4.78 is 38.1. The highest BCUT2D eigenvalue weighted by atomic mass is 19.4. The summed E-state index contributed by atoms with van der Waals surface area (Å²) in [6.07, 6.45) is -3.64. The van der Waals surface area contributed by atoms with Crippen LogP contribution in [0.4, 0.5) is 13.2 Å². The molecule has 0 aromatic carbocycles. The highest BCUT2D eigenvalue weighted by Gasteiger charge is 2.57. The summed E-state index contributed by atoms with van der Waals surface area (Å²) >= 11 is 0. The molecule has 2 N–H and O–H groups in total. The van der Waals surface area contributed by atoms with Crippen LogP contribution in [0.25, 0.3) is 0 Å². The molecule has 1 heterocycles. The van der Waals surface area contributed by atoms with Gasteiger partial charge < -0.3 is 5.11 Å². The molecule has 0 aliphatic carbocycles. The summed E-state index contributed by atoms with van der Waals surface area (Å²) in [5, 5.41) is 19.4. The molecule has 0 aliphatic heterocycles. The Balaban J connectivity index is 2.96. The number of aliphatic carboxylic acids is 1. The van der Waals surface area contributed by atoms with Crippen molar-refractivity contribution in [2.45, 2.75) is 25.2 Å². The lowest BCUT2D eigenvalue weighted by Crippen LogP contribution is -2.59. The first-order chi connectivity index (χ1) is 8.72. The Kier molecular flexibility index (Phi) is 4.11. The number of aromatic nitrogens is 1. The van der Waals surface area contributed by atoms with E-state index < -0.39 is 24.2 Å². The minimum atomic E-state index is -4.96. The molecule has 0 bridgehead atoms. The first-order valence-electron chi connectivity index (χ1n) is 5.11. The van der Waals surface area contributed by atoms with Crippen LogP contribution in [0.1, 0.15) is 18.2 Å². The zero-order chi connectivity index (χ0) is 14.7. The predicted molar refractivity (Wildman–Crippen MR) is 57.9 cm³/mol. The number of hydrogen-bond donors (Lipinski definition) is 2. The Morgan fingerprint density at radius 1 is 1.58 bits per heavy atom. The number of nitriles is 1. The van der Waals surface area contributed by atoms with E-state index in [4.69, 9.17) is 10.4 Å². The monoisotopic (exact) mass is 273 g/mol. The average Bonchev–Trinajstić information content (AvgIpc) is 2.34. The summed E-state index contributed by atoms with van der Waals surface area (Å²) in [7, 11) is 0. The van der Waals surface area contributed by atoms with E-state index in [1.54, 1.807) is 6.07 Å². The molecule has 0 saturated carbocycles. The summed E-state index contributed by atoms with van der Waals surface area (Å²) in [4.78, 5) is 14.5. The van der Waals surface area contributed by atoms with Crippen molar-refractivity contribution in [3.8, 4) is 6.07 Å². The lowest BCUT2D eigenvalue weighted by atomic mass is 10.0. The molecule has 19 heavy (non-hydrogen) atoms. The Labute approximate surface area is 106 Å². The molecule has 1 aromatic rings. The summed E-state index contributed by atoms with van der Waals surface area (Å²) in [5.74, 6) is -2.04. The van der Waals surface area contributed by atoms with E-state index in [0.29, 0.717) is 6.92 Å². The summed E-state index contributed by atoms with van der Waals surface area (Å²) in [5.41, 5.74) is -2.94. The normalized spacial score (nSPS) is 14.5. The van der Waals surface area contributed by atoms with E-state index in [1.807, 2.05) is 5.32 Å². The van der Waals surface area contributed by atoms with Crippen LogP contribution in [0.15, 0.2) is 18.3 Å². The molecule has 1 atom stereocenters. The predicted octanol–water partition coefficient (Wildman–Crippen LogP) is 1.45. The zero-order valence-electron chi connectivity index (χ0n) is 9.82. The van der Waals surface area contributed by atoms with Gasteiger partial charge in [0.2, 0.25) is 5.54 Å². The standard InChI is InChI=1S/C11H10F3N3O2/c1-10(9(18)19,11(12,13)14)17-6-7-3-2-4-16-8(7)5-15/h2-4,17H,6H2,1H3,(H,18,19). The third-order valence-electron chi connectivity index (χ3n) is 2.62. The fraction of sp³-hybridized carbons (Fsp3) is 0.364. The lowest BCUT2D eigenvalue weighted by molar-refractivity contribution is -0.206. The van der Waals surface area contributed by atoms with Crippen LogP contribution < -0.4 is 5.32 Å². The van der Waals surface area contributed by atoms with Crippen molar-refractivity contribution in [2.75, 3.05) is 0 Å². The lowest BCUT2D eigenvalue weighted by Gasteiger charge is -2.28. The Morgan fingerprint density at radius 2 is 2.21 bits per heavy atom. The molecule has 0 aliphatic rings.